The molecule has 4 nitrogen and oxygen atoms in total. The topological polar surface area (TPSA) is 40.5 Å². The van der Waals surface area contributed by atoms with Crippen molar-refractivity contribution in [1.82, 2.24) is 4.57 Å². The van der Waals surface area contributed by atoms with E-state index in [2.05, 4.69) is 0 Å². The van der Waals surface area contributed by atoms with Crippen LogP contribution in [0.1, 0.15) is 12.6 Å². The van der Waals surface area contributed by atoms with Crippen LogP contribution in [-0.2, 0) is 12.7 Å². The zero-order valence-electron chi connectivity index (χ0n) is 11.7. The van der Waals surface area contributed by atoms with Crippen molar-refractivity contribution in [1.29, 1.82) is 0 Å². The Kier molecular flexibility index (Phi) is 3.85. The summed E-state index contributed by atoms with van der Waals surface area (Å²) in [7, 11) is 2.78. The first-order valence-corrected chi connectivity index (χ1v) is 6.20. The number of nitrogens with zero attached hydrogens (tertiary/aromatic N) is 1. The summed E-state index contributed by atoms with van der Waals surface area (Å²) < 4.78 is 50.4. The van der Waals surface area contributed by atoms with E-state index in [4.69, 9.17) is 9.47 Å². The average Bonchev–Trinajstić information content (AvgIpc) is 2.44. The van der Waals surface area contributed by atoms with E-state index in [1.807, 2.05) is 0 Å². The van der Waals surface area contributed by atoms with Crippen LogP contribution in [0.3, 0.4) is 0 Å². The first kappa shape index (κ1) is 15.2. The predicted octanol–water partition coefficient (Wildman–Crippen LogP) is 3.06. The number of halogens is 3. The molecule has 114 valence electrons. The van der Waals surface area contributed by atoms with E-state index in [9.17, 15) is 18.0 Å². The number of ether oxygens (including phenoxy) is 2. The molecule has 0 N–H and O–H groups in total. The highest BCUT2D eigenvalue weighted by Crippen LogP contribution is 2.34. The predicted molar refractivity (Wildman–Crippen MR) is 72.0 cm³/mol. The minimum atomic E-state index is -4.60. The van der Waals surface area contributed by atoms with Gasteiger partial charge in [-0.25, -0.2) is 0 Å². The third kappa shape index (κ3) is 2.55. The number of benzene rings is 1. The Hall–Kier alpha value is -2.18. The number of hydrogen-bond donors (Lipinski definition) is 0. The van der Waals surface area contributed by atoms with Gasteiger partial charge in [0.15, 0.2) is 16.9 Å². The summed E-state index contributed by atoms with van der Waals surface area (Å²) in [6.45, 7) is 1.65. The molecule has 7 heteroatoms. The molecule has 0 aliphatic heterocycles. The highest BCUT2D eigenvalue weighted by atomic mass is 19.4. The first-order valence-electron chi connectivity index (χ1n) is 6.20. The van der Waals surface area contributed by atoms with Crippen molar-refractivity contribution < 1.29 is 22.6 Å². The molecule has 0 saturated carbocycles. The average molecular weight is 301 g/mol. The lowest BCUT2D eigenvalue weighted by Crippen LogP contribution is -2.21. The largest absolute Gasteiger partial charge is 0.493 e. The molecule has 0 atom stereocenters. The molecule has 1 heterocycles. The maximum Gasteiger partial charge on any atom is 0.431 e. The van der Waals surface area contributed by atoms with E-state index in [1.54, 1.807) is 6.92 Å². The quantitative estimate of drug-likeness (QED) is 0.875. The highest BCUT2D eigenvalue weighted by Gasteiger charge is 2.34. The molecule has 0 amide bonds. The molecular weight excluding hydrogens is 287 g/mol. The van der Waals surface area contributed by atoms with Crippen LogP contribution >= 0.6 is 0 Å². The monoisotopic (exact) mass is 301 g/mol. The lowest BCUT2D eigenvalue weighted by molar-refractivity contribution is -0.143. The fraction of sp³-hybridized carbons (Fsp3) is 0.357. The molecule has 0 saturated heterocycles. The van der Waals surface area contributed by atoms with Gasteiger partial charge in [-0.2, -0.15) is 13.2 Å². The van der Waals surface area contributed by atoms with Crippen molar-refractivity contribution in [2.75, 3.05) is 14.2 Å². The zero-order valence-corrected chi connectivity index (χ0v) is 11.7. The lowest BCUT2D eigenvalue weighted by Gasteiger charge is -2.18. The number of alkyl halides is 3. The normalized spacial score (nSPS) is 11.7. The van der Waals surface area contributed by atoms with Crippen molar-refractivity contribution in [2.24, 2.45) is 0 Å². The molecule has 21 heavy (non-hydrogen) atoms. The maximum atomic E-state index is 13.1. The summed E-state index contributed by atoms with van der Waals surface area (Å²) in [5, 5.41) is 0.155. The van der Waals surface area contributed by atoms with Gasteiger partial charge in [0.05, 0.1) is 19.7 Å². The van der Waals surface area contributed by atoms with E-state index in [0.717, 1.165) is 4.57 Å². The molecule has 1 aromatic heterocycles. The minimum Gasteiger partial charge on any atom is -0.493 e. The Bertz CT molecular complexity index is 735. The Labute approximate surface area is 118 Å². The van der Waals surface area contributed by atoms with Crippen LogP contribution in [0.4, 0.5) is 13.2 Å². The lowest BCUT2D eigenvalue weighted by atomic mass is 10.1. The molecule has 2 rings (SSSR count). The van der Waals surface area contributed by atoms with Crippen LogP contribution in [0.25, 0.3) is 10.9 Å². The smallest absolute Gasteiger partial charge is 0.431 e. The maximum absolute atomic E-state index is 13.1. The number of pyridine rings is 1. The van der Waals surface area contributed by atoms with Crippen molar-refractivity contribution in [2.45, 2.75) is 19.6 Å². The van der Waals surface area contributed by atoms with Gasteiger partial charge in [-0.1, -0.05) is 0 Å². The highest BCUT2D eigenvalue weighted by molar-refractivity contribution is 5.83. The third-order valence-electron chi connectivity index (χ3n) is 3.22. The molecule has 0 bridgehead atoms. The fourth-order valence-electron chi connectivity index (χ4n) is 2.27. The van der Waals surface area contributed by atoms with Crippen LogP contribution < -0.4 is 14.9 Å². The molecule has 0 radical (unpaired) electrons. The van der Waals surface area contributed by atoms with Gasteiger partial charge in [0.2, 0.25) is 0 Å². The van der Waals surface area contributed by atoms with E-state index in [0.29, 0.717) is 11.8 Å². The standard InChI is InChI=1S/C14H14F3NO3/c1-4-18-9-6-12(21-3)11(20-2)5-8(9)10(19)7-13(18)14(15,16)17/h5-7H,4H2,1-3H3. The van der Waals surface area contributed by atoms with Crippen LogP contribution in [-0.4, -0.2) is 18.8 Å². The van der Waals surface area contributed by atoms with Gasteiger partial charge in [0.25, 0.3) is 0 Å². The SMILES string of the molecule is CCn1c(C(F)(F)F)cc(=O)c2cc(OC)c(OC)cc21. The number of fused-ring (bicyclic) bond motifs is 1. The zero-order chi connectivity index (χ0) is 15.8. The second-order valence-corrected chi connectivity index (χ2v) is 4.36. The molecule has 0 aliphatic carbocycles. The van der Waals surface area contributed by atoms with Crippen molar-refractivity contribution in [3.8, 4) is 11.5 Å². The van der Waals surface area contributed by atoms with Crippen molar-refractivity contribution >= 4 is 10.9 Å². The number of hydrogen-bond acceptors (Lipinski definition) is 3. The summed E-state index contributed by atoms with van der Waals surface area (Å²) in [5.41, 5.74) is -1.52. The number of methoxy groups -OCH3 is 2. The van der Waals surface area contributed by atoms with Gasteiger partial charge in [0.1, 0.15) is 5.69 Å². The van der Waals surface area contributed by atoms with Crippen molar-refractivity contribution in [3.05, 3.63) is 34.1 Å². The molecular formula is C14H14F3NO3. The Morgan fingerprint density at radius 1 is 1.10 bits per heavy atom. The number of rotatable bonds is 3. The Morgan fingerprint density at radius 3 is 2.14 bits per heavy atom. The number of aromatic nitrogens is 1. The van der Waals surface area contributed by atoms with Crippen LogP contribution in [0.15, 0.2) is 23.0 Å². The Morgan fingerprint density at radius 2 is 1.67 bits per heavy atom. The van der Waals surface area contributed by atoms with Crippen molar-refractivity contribution in [3.63, 3.8) is 0 Å². The summed E-state index contributed by atoms with van der Waals surface area (Å²) in [6, 6.07) is 3.38. The van der Waals surface area contributed by atoms with Gasteiger partial charge >= 0.3 is 6.18 Å². The van der Waals surface area contributed by atoms with Gasteiger partial charge < -0.3 is 14.0 Å². The number of aryl methyl sites for hydroxylation is 1. The van der Waals surface area contributed by atoms with E-state index in [1.165, 1.54) is 26.4 Å². The van der Waals surface area contributed by atoms with E-state index in [-0.39, 0.29) is 23.2 Å². The van der Waals surface area contributed by atoms with E-state index >= 15 is 0 Å². The molecule has 2 aromatic rings. The minimum absolute atomic E-state index is 0.0705. The molecule has 0 unspecified atom stereocenters. The fourth-order valence-corrected chi connectivity index (χ4v) is 2.27. The van der Waals surface area contributed by atoms with Gasteiger partial charge in [-0.15, -0.1) is 0 Å². The van der Waals surface area contributed by atoms with Crippen LogP contribution in [0.2, 0.25) is 0 Å². The second-order valence-electron chi connectivity index (χ2n) is 4.36. The van der Waals surface area contributed by atoms with Gasteiger partial charge in [-0.05, 0) is 13.0 Å². The molecule has 0 fully saturated rings. The van der Waals surface area contributed by atoms with Crippen LogP contribution in [0.5, 0.6) is 11.5 Å². The summed E-state index contributed by atoms with van der Waals surface area (Å²) in [5.74, 6) is 0.565. The third-order valence-corrected chi connectivity index (χ3v) is 3.22. The first-order chi connectivity index (χ1) is 9.83. The van der Waals surface area contributed by atoms with E-state index < -0.39 is 17.3 Å². The Balaban J connectivity index is 2.94. The van der Waals surface area contributed by atoms with Gasteiger partial charge in [-0.3, -0.25) is 4.79 Å². The van der Waals surface area contributed by atoms with Crippen LogP contribution in [0, 0.1) is 0 Å². The molecule has 1 aromatic carbocycles. The summed E-state index contributed by atoms with van der Waals surface area (Å²) >= 11 is 0. The van der Waals surface area contributed by atoms with Gasteiger partial charge in [0, 0.05) is 24.1 Å². The summed E-state index contributed by atoms with van der Waals surface area (Å²) in [6.07, 6.45) is -4.60. The second kappa shape index (κ2) is 5.31. The molecule has 0 aliphatic rings. The molecule has 0 spiro atoms. The summed E-state index contributed by atoms with van der Waals surface area (Å²) in [4.78, 5) is 12.0.